The van der Waals surface area contributed by atoms with Crippen LogP contribution in [0, 0.1) is 0 Å². The predicted octanol–water partition coefficient (Wildman–Crippen LogP) is 4.64. The van der Waals surface area contributed by atoms with Gasteiger partial charge in [-0.3, -0.25) is 0 Å². The number of nitrogens with zero attached hydrogens (tertiary/aromatic N) is 1. The Morgan fingerprint density at radius 3 is 2.24 bits per heavy atom. The standard InChI is InChI=1S/C19H14N2/c20-14-10-11-16-18(12-14)21-17-9-5-4-8-15(17)19(16)13-6-2-1-3-7-13/h1-12H,20H2. The van der Waals surface area contributed by atoms with Gasteiger partial charge in [0.2, 0.25) is 0 Å². The van der Waals surface area contributed by atoms with E-state index in [4.69, 9.17) is 10.7 Å². The Balaban J connectivity index is 2.22. The van der Waals surface area contributed by atoms with Crippen LogP contribution in [0.1, 0.15) is 0 Å². The lowest BCUT2D eigenvalue weighted by atomic mass is 9.96. The highest BCUT2D eigenvalue weighted by molar-refractivity contribution is 6.09. The Kier molecular flexibility index (Phi) is 2.61. The number of rotatable bonds is 1. The van der Waals surface area contributed by atoms with Crippen LogP contribution in [-0.2, 0) is 0 Å². The van der Waals surface area contributed by atoms with Gasteiger partial charge in [0, 0.05) is 22.0 Å². The summed E-state index contributed by atoms with van der Waals surface area (Å²) in [5, 5.41) is 2.30. The highest BCUT2D eigenvalue weighted by atomic mass is 14.7. The van der Waals surface area contributed by atoms with E-state index in [1.807, 2.05) is 30.3 Å². The second kappa shape index (κ2) is 4.60. The number of fused-ring (bicyclic) bond motifs is 2. The number of hydrogen-bond acceptors (Lipinski definition) is 2. The van der Waals surface area contributed by atoms with Crippen molar-refractivity contribution in [3.63, 3.8) is 0 Å². The van der Waals surface area contributed by atoms with Gasteiger partial charge in [0.25, 0.3) is 0 Å². The van der Waals surface area contributed by atoms with Crippen molar-refractivity contribution < 1.29 is 0 Å². The van der Waals surface area contributed by atoms with E-state index in [1.165, 1.54) is 16.5 Å². The Labute approximate surface area is 122 Å². The zero-order chi connectivity index (χ0) is 14.2. The van der Waals surface area contributed by atoms with E-state index in [-0.39, 0.29) is 0 Å². The first-order valence-electron chi connectivity index (χ1n) is 6.96. The van der Waals surface area contributed by atoms with Gasteiger partial charge in [-0.2, -0.15) is 0 Å². The molecule has 0 amide bonds. The van der Waals surface area contributed by atoms with Crippen LogP contribution in [-0.4, -0.2) is 4.98 Å². The Morgan fingerprint density at radius 2 is 1.38 bits per heavy atom. The Hall–Kier alpha value is -2.87. The molecule has 0 bridgehead atoms. The lowest BCUT2D eigenvalue weighted by Gasteiger charge is -2.11. The highest BCUT2D eigenvalue weighted by Gasteiger charge is 2.10. The predicted molar refractivity (Wildman–Crippen MR) is 89.1 cm³/mol. The quantitative estimate of drug-likeness (QED) is 0.404. The van der Waals surface area contributed by atoms with E-state index in [0.717, 1.165) is 22.1 Å². The lowest BCUT2D eigenvalue weighted by molar-refractivity contribution is 1.49. The third-order valence-corrected chi connectivity index (χ3v) is 3.77. The smallest absolute Gasteiger partial charge is 0.0736 e. The normalized spacial score (nSPS) is 11.0. The maximum atomic E-state index is 5.92. The third kappa shape index (κ3) is 1.93. The lowest BCUT2D eigenvalue weighted by Crippen LogP contribution is -1.91. The number of anilines is 1. The largest absolute Gasteiger partial charge is 0.399 e. The molecule has 4 rings (SSSR count). The zero-order valence-corrected chi connectivity index (χ0v) is 11.5. The van der Waals surface area contributed by atoms with Crippen LogP contribution in [0.4, 0.5) is 5.69 Å². The van der Waals surface area contributed by atoms with Gasteiger partial charge in [0.15, 0.2) is 0 Å². The molecule has 0 saturated heterocycles. The molecule has 2 heteroatoms. The van der Waals surface area contributed by atoms with Crippen molar-refractivity contribution in [3.05, 3.63) is 72.8 Å². The van der Waals surface area contributed by atoms with Crippen LogP contribution in [0.15, 0.2) is 72.8 Å². The molecule has 0 aliphatic heterocycles. The molecule has 0 unspecified atom stereocenters. The Morgan fingerprint density at radius 1 is 0.667 bits per heavy atom. The molecule has 0 spiro atoms. The van der Waals surface area contributed by atoms with Gasteiger partial charge in [-0.25, -0.2) is 4.98 Å². The number of benzene rings is 3. The van der Waals surface area contributed by atoms with E-state index in [2.05, 4.69) is 42.5 Å². The molecule has 0 aliphatic carbocycles. The molecule has 4 aromatic rings. The first-order chi connectivity index (χ1) is 10.3. The van der Waals surface area contributed by atoms with Crippen molar-refractivity contribution in [1.82, 2.24) is 4.98 Å². The zero-order valence-electron chi connectivity index (χ0n) is 11.5. The van der Waals surface area contributed by atoms with Gasteiger partial charge >= 0.3 is 0 Å². The first-order valence-corrected chi connectivity index (χ1v) is 6.96. The average molecular weight is 270 g/mol. The summed E-state index contributed by atoms with van der Waals surface area (Å²) >= 11 is 0. The van der Waals surface area contributed by atoms with Crippen LogP contribution in [0.5, 0.6) is 0 Å². The van der Waals surface area contributed by atoms with Gasteiger partial charge in [-0.05, 0) is 23.8 Å². The molecule has 100 valence electrons. The van der Waals surface area contributed by atoms with E-state index >= 15 is 0 Å². The number of hydrogen-bond donors (Lipinski definition) is 1. The summed E-state index contributed by atoms with van der Waals surface area (Å²) in [6.07, 6.45) is 0. The monoisotopic (exact) mass is 270 g/mol. The molecule has 0 saturated carbocycles. The van der Waals surface area contributed by atoms with E-state index in [9.17, 15) is 0 Å². The average Bonchev–Trinajstić information content (AvgIpc) is 2.53. The van der Waals surface area contributed by atoms with Gasteiger partial charge in [-0.15, -0.1) is 0 Å². The number of para-hydroxylation sites is 1. The van der Waals surface area contributed by atoms with Crippen LogP contribution in [0.2, 0.25) is 0 Å². The van der Waals surface area contributed by atoms with Crippen LogP contribution < -0.4 is 5.73 Å². The fourth-order valence-corrected chi connectivity index (χ4v) is 2.83. The van der Waals surface area contributed by atoms with Crippen molar-refractivity contribution in [1.29, 1.82) is 0 Å². The maximum Gasteiger partial charge on any atom is 0.0736 e. The third-order valence-electron chi connectivity index (χ3n) is 3.77. The van der Waals surface area contributed by atoms with Crippen molar-refractivity contribution in [2.75, 3.05) is 5.73 Å². The molecule has 21 heavy (non-hydrogen) atoms. The Bertz CT molecular complexity index is 943. The van der Waals surface area contributed by atoms with E-state index in [0.29, 0.717) is 0 Å². The summed E-state index contributed by atoms with van der Waals surface area (Å²) in [5.41, 5.74) is 11.0. The van der Waals surface area contributed by atoms with Gasteiger partial charge in [0.1, 0.15) is 0 Å². The molecule has 0 atom stereocenters. The molecule has 1 aromatic heterocycles. The van der Waals surface area contributed by atoms with E-state index < -0.39 is 0 Å². The molecular formula is C19H14N2. The SMILES string of the molecule is Nc1ccc2c(-c3ccccc3)c3ccccc3nc2c1. The molecule has 0 aliphatic rings. The number of nitrogens with two attached hydrogens (primary N) is 1. The number of aromatic nitrogens is 1. The number of pyridine rings is 1. The summed E-state index contributed by atoms with van der Waals surface area (Å²) in [4.78, 5) is 4.74. The van der Waals surface area contributed by atoms with Crippen LogP contribution >= 0.6 is 0 Å². The van der Waals surface area contributed by atoms with Gasteiger partial charge in [-0.1, -0.05) is 54.6 Å². The van der Waals surface area contributed by atoms with Crippen molar-refractivity contribution in [2.24, 2.45) is 0 Å². The first kappa shape index (κ1) is 11.9. The van der Waals surface area contributed by atoms with Crippen LogP contribution in [0.25, 0.3) is 32.9 Å². The van der Waals surface area contributed by atoms with E-state index in [1.54, 1.807) is 0 Å². The van der Waals surface area contributed by atoms with Crippen LogP contribution in [0.3, 0.4) is 0 Å². The highest BCUT2D eigenvalue weighted by Crippen LogP contribution is 2.35. The van der Waals surface area contributed by atoms with Crippen molar-refractivity contribution >= 4 is 27.5 Å². The molecule has 2 N–H and O–H groups in total. The van der Waals surface area contributed by atoms with Gasteiger partial charge < -0.3 is 5.73 Å². The number of nitrogen functional groups attached to an aromatic ring is 1. The summed E-state index contributed by atoms with van der Waals surface area (Å²) < 4.78 is 0. The fourth-order valence-electron chi connectivity index (χ4n) is 2.83. The van der Waals surface area contributed by atoms with Gasteiger partial charge in [0.05, 0.1) is 11.0 Å². The second-order valence-electron chi connectivity index (χ2n) is 5.15. The minimum absolute atomic E-state index is 0.740. The molecule has 0 radical (unpaired) electrons. The van der Waals surface area contributed by atoms with Crippen molar-refractivity contribution in [3.8, 4) is 11.1 Å². The topological polar surface area (TPSA) is 38.9 Å². The van der Waals surface area contributed by atoms with Crippen molar-refractivity contribution in [2.45, 2.75) is 0 Å². The second-order valence-corrected chi connectivity index (χ2v) is 5.15. The summed E-state index contributed by atoms with van der Waals surface area (Å²) in [6.45, 7) is 0. The molecular weight excluding hydrogens is 256 g/mol. The summed E-state index contributed by atoms with van der Waals surface area (Å²) in [5.74, 6) is 0. The minimum atomic E-state index is 0.740. The fraction of sp³-hybridized carbons (Fsp3) is 0. The molecule has 2 nitrogen and oxygen atoms in total. The summed E-state index contributed by atoms with van der Waals surface area (Å²) in [6, 6.07) is 24.6. The summed E-state index contributed by atoms with van der Waals surface area (Å²) in [7, 11) is 0. The molecule has 1 heterocycles. The molecule has 0 fully saturated rings. The molecule has 3 aromatic carbocycles. The minimum Gasteiger partial charge on any atom is -0.399 e. The maximum absolute atomic E-state index is 5.92.